The molecule has 0 saturated heterocycles. The Morgan fingerprint density at radius 3 is 2.60 bits per heavy atom. The monoisotopic (exact) mass is 429 g/mol. The van der Waals surface area contributed by atoms with Gasteiger partial charge in [0.15, 0.2) is 11.7 Å². The first-order chi connectivity index (χ1) is 14.3. The third-order valence-electron chi connectivity index (χ3n) is 4.17. The number of oxazole rings is 1. The smallest absolute Gasteiger partial charge is 0.251 e. The number of hydrogen-bond acceptors (Lipinski definition) is 4. The topological polar surface area (TPSA) is 84.2 Å². The van der Waals surface area contributed by atoms with Crippen LogP contribution < -0.4 is 10.6 Å². The van der Waals surface area contributed by atoms with E-state index in [0.29, 0.717) is 33.5 Å². The Morgan fingerprint density at radius 1 is 1.17 bits per heavy atom. The van der Waals surface area contributed by atoms with Crippen LogP contribution >= 0.6 is 11.6 Å². The molecule has 30 heavy (non-hydrogen) atoms. The average Bonchev–Trinajstić information content (AvgIpc) is 3.17. The predicted molar refractivity (Wildman–Crippen MR) is 113 cm³/mol. The number of halogens is 2. The predicted octanol–water partition coefficient (Wildman–Crippen LogP) is 4.84. The normalized spacial score (nSPS) is 10.8. The summed E-state index contributed by atoms with van der Waals surface area (Å²) in [7, 11) is 0. The highest BCUT2D eigenvalue weighted by molar-refractivity contribution is 6.33. The first-order valence-corrected chi connectivity index (χ1v) is 9.80. The molecule has 0 unspecified atom stereocenters. The van der Waals surface area contributed by atoms with Gasteiger partial charge in [0.05, 0.1) is 16.9 Å². The van der Waals surface area contributed by atoms with Gasteiger partial charge in [0, 0.05) is 30.0 Å². The van der Waals surface area contributed by atoms with E-state index in [4.69, 9.17) is 16.0 Å². The van der Waals surface area contributed by atoms with Crippen molar-refractivity contribution in [2.24, 2.45) is 0 Å². The van der Waals surface area contributed by atoms with Crippen LogP contribution in [0.25, 0.3) is 11.3 Å². The highest BCUT2D eigenvalue weighted by atomic mass is 35.5. The molecule has 0 fully saturated rings. The van der Waals surface area contributed by atoms with Crippen LogP contribution in [0.15, 0.2) is 53.1 Å². The van der Waals surface area contributed by atoms with Crippen molar-refractivity contribution in [2.45, 2.75) is 32.7 Å². The lowest BCUT2D eigenvalue weighted by Crippen LogP contribution is -2.30. The number of hydrogen-bond donors (Lipinski definition) is 2. The molecule has 6 nitrogen and oxygen atoms in total. The van der Waals surface area contributed by atoms with Gasteiger partial charge in [0.1, 0.15) is 5.82 Å². The molecule has 0 radical (unpaired) electrons. The summed E-state index contributed by atoms with van der Waals surface area (Å²) in [5.74, 6) is 0.0163. The molecule has 0 saturated carbocycles. The second-order valence-electron chi connectivity index (χ2n) is 7.00. The quantitative estimate of drug-likeness (QED) is 0.562. The fourth-order valence-electron chi connectivity index (χ4n) is 2.71. The third-order valence-corrected chi connectivity index (χ3v) is 4.50. The van der Waals surface area contributed by atoms with E-state index in [1.54, 1.807) is 24.3 Å². The maximum absolute atomic E-state index is 13.0. The van der Waals surface area contributed by atoms with Crippen molar-refractivity contribution in [1.29, 1.82) is 0 Å². The molecule has 2 amide bonds. The van der Waals surface area contributed by atoms with E-state index in [1.807, 2.05) is 13.8 Å². The molecule has 0 aliphatic rings. The van der Waals surface area contributed by atoms with Crippen molar-refractivity contribution >= 4 is 29.1 Å². The average molecular weight is 430 g/mol. The zero-order chi connectivity index (χ0) is 21.7. The van der Waals surface area contributed by atoms with Crippen molar-refractivity contribution in [1.82, 2.24) is 10.3 Å². The first kappa shape index (κ1) is 21.5. The van der Waals surface area contributed by atoms with Gasteiger partial charge in [-0.15, -0.1) is 0 Å². The Balaban J connectivity index is 1.60. The molecule has 0 aliphatic heterocycles. The number of benzene rings is 2. The van der Waals surface area contributed by atoms with Crippen LogP contribution in [0, 0.1) is 5.82 Å². The number of rotatable bonds is 7. The Kier molecular flexibility index (Phi) is 6.84. The van der Waals surface area contributed by atoms with Gasteiger partial charge in [-0.25, -0.2) is 9.37 Å². The van der Waals surface area contributed by atoms with E-state index in [-0.39, 0.29) is 36.5 Å². The molecule has 2 N–H and O–H groups in total. The summed E-state index contributed by atoms with van der Waals surface area (Å²) in [5.41, 5.74) is 1.46. The minimum atomic E-state index is -0.334. The molecule has 1 aromatic heterocycles. The van der Waals surface area contributed by atoms with Crippen molar-refractivity contribution in [2.75, 3.05) is 5.32 Å². The largest absolute Gasteiger partial charge is 0.441 e. The molecule has 3 aromatic rings. The van der Waals surface area contributed by atoms with E-state index in [0.717, 1.165) is 0 Å². The fraction of sp³-hybridized carbons (Fsp3) is 0.227. The number of carbonyl (C=O) groups excluding carboxylic acids is 2. The van der Waals surface area contributed by atoms with Gasteiger partial charge in [-0.2, -0.15) is 0 Å². The van der Waals surface area contributed by atoms with Crippen LogP contribution in [-0.4, -0.2) is 22.8 Å². The van der Waals surface area contributed by atoms with Crippen LogP contribution in [0.3, 0.4) is 0 Å². The number of nitrogens with zero attached hydrogens (tertiary/aromatic N) is 1. The Hall–Kier alpha value is -3.19. The number of nitrogens with one attached hydrogen (secondary N) is 2. The van der Waals surface area contributed by atoms with Gasteiger partial charge in [0.25, 0.3) is 5.91 Å². The van der Waals surface area contributed by atoms with E-state index >= 15 is 0 Å². The SMILES string of the molecule is CC(C)NC(=O)c1ccc(Cl)c(NC(=O)CCc2ncc(-c3ccc(F)cc3)o2)c1. The van der Waals surface area contributed by atoms with E-state index in [9.17, 15) is 14.0 Å². The second kappa shape index (κ2) is 9.54. The van der Waals surface area contributed by atoms with Crippen molar-refractivity contribution in [3.63, 3.8) is 0 Å². The van der Waals surface area contributed by atoms with Crippen LogP contribution in [0.5, 0.6) is 0 Å². The van der Waals surface area contributed by atoms with Crippen LogP contribution in [-0.2, 0) is 11.2 Å². The van der Waals surface area contributed by atoms with Gasteiger partial charge in [-0.05, 0) is 56.3 Å². The zero-order valence-electron chi connectivity index (χ0n) is 16.5. The number of aryl methyl sites for hydroxylation is 1. The zero-order valence-corrected chi connectivity index (χ0v) is 17.3. The Morgan fingerprint density at radius 2 is 1.90 bits per heavy atom. The molecule has 1 heterocycles. The first-order valence-electron chi connectivity index (χ1n) is 9.42. The van der Waals surface area contributed by atoms with Crippen molar-refractivity contribution < 1.29 is 18.4 Å². The van der Waals surface area contributed by atoms with Crippen molar-refractivity contribution in [3.05, 3.63) is 71.0 Å². The highest BCUT2D eigenvalue weighted by Gasteiger charge is 2.13. The summed E-state index contributed by atoms with van der Waals surface area (Å²) in [6.07, 6.45) is 1.93. The van der Waals surface area contributed by atoms with E-state index in [2.05, 4.69) is 15.6 Å². The number of aromatic nitrogens is 1. The molecular formula is C22H21ClFN3O3. The molecule has 8 heteroatoms. The standard InChI is InChI=1S/C22H21ClFN3O3/c1-13(2)26-22(29)15-5-8-17(23)18(11-15)27-20(28)9-10-21-25-12-19(30-21)14-3-6-16(24)7-4-14/h3-8,11-13H,9-10H2,1-2H3,(H,26,29)(H,27,28). The summed E-state index contributed by atoms with van der Waals surface area (Å²) in [6, 6.07) is 10.6. The molecule has 156 valence electrons. The summed E-state index contributed by atoms with van der Waals surface area (Å²) >= 11 is 6.15. The maximum Gasteiger partial charge on any atom is 0.251 e. The maximum atomic E-state index is 13.0. The van der Waals surface area contributed by atoms with E-state index < -0.39 is 0 Å². The van der Waals surface area contributed by atoms with Gasteiger partial charge < -0.3 is 15.1 Å². The third kappa shape index (κ3) is 5.67. The lowest BCUT2D eigenvalue weighted by Gasteiger charge is -2.11. The molecule has 0 bridgehead atoms. The minimum absolute atomic E-state index is 0.00758. The summed E-state index contributed by atoms with van der Waals surface area (Å²) < 4.78 is 18.7. The second-order valence-corrected chi connectivity index (χ2v) is 7.40. The molecule has 0 aliphatic carbocycles. The highest BCUT2D eigenvalue weighted by Crippen LogP contribution is 2.24. The summed E-state index contributed by atoms with van der Waals surface area (Å²) in [4.78, 5) is 28.6. The number of amides is 2. The number of anilines is 1. The van der Waals surface area contributed by atoms with Crippen LogP contribution in [0.4, 0.5) is 10.1 Å². The summed E-state index contributed by atoms with van der Waals surface area (Å²) in [5, 5.41) is 5.83. The van der Waals surface area contributed by atoms with Gasteiger partial charge in [0.2, 0.25) is 5.91 Å². The van der Waals surface area contributed by atoms with Gasteiger partial charge in [-0.3, -0.25) is 9.59 Å². The van der Waals surface area contributed by atoms with Crippen LogP contribution in [0.1, 0.15) is 36.5 Å². The lowest BCUT2D eigenvalue weighted by molar-refractivity contribution is -0.116. The molecule has 3 rings (SSSR count). The Bertz CT molecular complexity index is 1050. The molecule has 2 aromatic carbocycles. The Labute approximate surface area is 178 Å². The number of carbonyl (C=O) groups is 2. The van der Waals surface area contributed by atoms with E-state index in [1.165, 1.54) is 24.4 Å². The van der Waals surface area contributed by atoms with Gasteiger partial charge in [-0.1, -0.05) is 11.6 Å². The molecule has 0 spiro atoms. The minimum Gasteiger partial charge on any atom is -0.441 e. The summed E-state index contributed by atoms with van der Waals surface area (Å²) in [6.45, 7) is 3.72. The molecule has 0 atom stereocenters. The fourth-order valence-corrected chi connectivity index (χ4v) is 2.88. The van der Waals surface area contributed by atoms with Crippen molar-refractivity contribution in [3.8, 4) is 11.3 Å². The molecular weight excluding hydrogens is 409 g/mol. The lowest BCUT2D eigenvalue weighted by atomic mass is 10.1. The van der Waals surface area contributed by atoms with Crippen LogP contribution in [0.2, 0.25) is 5.02 Å². The van der Waals surface area contributed by atoms with Gasteiger partial charge >= 0.3 is 0 Å².